The zero-order chi connectivity index (χ0) is 10.1. The summed E-state index contributed by atoms with van der Waals surface area (Å²) in [7, 11) is 0. The topological polar surface area (TPSA) is 30.7 Å². The van der Waals surface area contributed by atoms with Crippen LogP contribution < -0.4 is 0 Å². The van der Waals surface area contributed by atoms with Crippen molar-refractivity contribution < 1.29 is 0 Å². The smallest absolute Gasteiger partial charge is 0.229 e. The maximum absolute atomic E-state index is 5.84. The fourth-order valence-corrected chi connectivity index (χ4v) is 1.77. The Morgan fingerprint density at radius 2 is 1.64 bits per heavy atom. The number of halogens is 3. The Labute approximate surface area is 95.2 Å². The largest absolute Gasteiger partial charge is 0.272 e. The number of benzene rings is 1. The summed E-state index contributed by atoms with van der Waals surface area (Å²) in [5, 5.41) is 8.64. The molecule has 3 nitrogen and oxygen atoms in total. The van der Waals surface area contributed by atoms with Crippen LogP contribution in [0.2, 0.25) is 15.3 Å². The van der Waals surface area contributed by atoms with Crippen molar-refractivity contribution in [3.63, 3.8) is 0 Å². The van der Waals surface area contributed by atoms with Crippen molar-refractivity contribution in [3.8, 4) is 5.69 Å². The van der Waals surface area contributed by atoms with Crippen LogP contribution in [0.1, 0.15) is 0 Å². The zero-order valence-corrected chi connectivity index (χ0v) is 9.05. The first-order valence-electron chi connectivity index (χ1n) is 3.69. The standard InChI is InChI=1S/C8H4Cl3N3/c9-5-1-6(10)3-7(2-5)14-4-12-13-8(14)11/h1-4H. The molecule has 0 fully saturated rings. The van der Waals surface area contributed by atoms with Gasteiger partial charge in [-0.15, -0.1) is 10.2 Å². The molecular formula is C8H4Cl3N3. The molecule has 0 aliphatic heterocycles. The summed E-state index contributed by atoms with van der Waals surface area (Å²) in [4.78, 5) is 0. The highest BCUT2D eigenvalue weighted by atomic mass is 35.5. The molecule has 1 heterocycles. The number of hydrogen-bond acceptors (Lipinski definition) is 2. The summed E-state index contributed by atoms with van der Waals surface area (Å²) in [6.45, 7) is 0. The molecule has 1 aromatic carbocycles. The zero-order valence-electron chi connectivity index (χ0n) is 6.78. The molecule has 0 atom stereocenters. The highest BCUT2D eigenvalue weighted by molar-refractivity contribution is 6.35. The van der Waals surface area contributed by atoms with Crippen LogP contribution in [0.25, 0.3) is 5.69 Å². The second-order valence-electron chi connectivity index (χ2n) is 2.60. The fourth-order valence-electron chi connectivity index (χ4n) is 1.07. The fraction of sp³-hybridized carbons (Fsp3) is 0. The third kappa shape index (κ3) is 1.85. The van der Waals surface area contributed by atoms with Crippen molar-refractivity contribution in [2.45, 2.75) is 0 Å². The van der Waals surface area contributed by atoms with E-state index in [0.29, 0.717) is 10.0 Å². The average molecular weight is 249 g/mol. The molecule has 72 valence electrons. The van der Waals surface area contributed by atoms with Gasteiger partial charge in [0.05, 0.1) is 5.69 Å². The molecule has 0 aliphatic rings. The van der Waals surface area contributed by atoms with E-state index in [1.807, 2.05) is 0 Å². The molecule has 0 N–H and O–H groups in total. The minimum absolute atomic E-state index is 0.267. The summed E-state index contributed by atoms with van der Waals surface area (Å²) in [5.41, 5.74) is 0.734. The van der Waals surface area contributed by atoms with Gasteiger partial charge in [0, 0.05) is 10.0 Å². The first-order valence-corrected chi connectivity index (χ1v) is 4.82. The lowest BCUT2D eigenvalue weighted by molar-refractivity contribution is 1.06. The first-order chi connectivity index (χ1) is 6.66. The van der Waals surface area contributed by atoms with Gasteiger partial charge < -0.3 is 0 Å². The summed E-state index contributed by atoms with van der Waals surface area (Å²) >= 11 is 17.5. The molecule has 1 aromatic heterocycles. The van der Waals surface area contributed by atoms with E-state index in [0.717, 1.165) is 5.69 Å². The molecule has 0 radical (unpaired) electrons. The number of rotatable bonds is 1. The molecule has 0 spiro atoms. The van der Waals surface area contributed by atoms with Crippen molar-refractivity contribution in [3.05, 3.63) is 39.9 Å². The van der Waals surface area contributed by atoms with Crippen LogP contribution in [0, 0.1) is 0 Å². The van der Waals surface area contributed by atoms with Gasteiger partial charge in [-0.05, 0) is 29.8 Å². The second-order valence-corrected chi connectivity index (χ2v) is 3.81. The second kappa shape index (κ2) is 3.77. The summed E-state index contributed by atoms with van der Waals surface area (Å²) in [6.07, 6.45) is 1.49. The van der Waals surface area contributed by atoms with Gasteiger partial charge in [-0.25, -0.2) is 0 Å². The minimum atomic E-state index is 0.267. The van der Waals surface area contributed by atoms with Crippen molar-refractivity contribution in [1.82, 2.24) is 14.8 Å². The predicted molar refractivity (Wildman–Crippen MR) is 56.4 cm³/mol. The van der Waals surface area contributed by atoms with Crippen LogP contribution in [0.5, 0.6) is 0 Å². The Kier molecular flexibility index (Phi) is 2.63. The van der Waals surface area contributed by atoms with Crippen LogP contribution in [-0.2, 0) is 0 Å². The molecule has 2 aromatic rings. The van der Waals surface area contributed by atoms with Crippen molar-refractivity contribution in [2.75, 3.05) is 0 Å². The Balaban J connectivity index is 2.57. The maximum Gasteiger partial charge on any atom is 0.229 e. The monoisotopic (exact) mass is 247 g/mol. The highest BCUT2D eigenvalue weighted by Gasteiger charge is 2.04. The molecule has 0 unspecified atom stereocenters. The van der Waals surface area contributed by atoms with Gasteiger partial charge in [0.15, 0.2) is 0 Å². The van der Waals surface area contributed by atoms with E-state index in [4.69, 9.17) is 34.8 Å². The molecule has 0 bridgehead atoms. The molecule has 0 amide bonds. The average Bonchev–Trinajstić information content (AvgIpc) is 2.49. The normalized spacial score (nSPS) is 10.5. The van der Waals surface area contributed by atoms with Gasteiger partial charge in [0.25, 0.3) is 0 Å². The lowest BCUT2D eigenvalue weighted by Crippen LogP contribution is -1.92. The van der Waals surface area contributed by atoms with Crippen molar-refractivity contribution >= 4 is 34.8 Å². The van der Waals surface area contributed by atoms with E-state index in [1.165, 1.54) is 6.33 Å². The van der Waals surface area contributed by atoms with E-state index in [9.17, 15) is 0 Å². The van der Waals surface area contributed by atoms with Gasteiger partial charge >= 0.3 is 0 Å². The van der Waals surface area contributed by atoms with E-state index in [1.54, 1.807) is 22.8 Å². The van der Waals surface area contributed by atoms with Crippen LogP contribution >= 0.6 is 34.8 Å². The first kappa shape index (κ1) is 9.77. The molecule has 0 saturated heterocycles. The predicted octanol–water partition coefficient (Wildman–Crippen LogP) is 3.23. The maximum atomic E-state index is 5.84. The minimum Gasteiger partial charge on any atom is -0.272 e. The highest BCUT2D eigenvalue weighted by Crippen LogP contribution is 2.23. The molecule has 0 saturated carbocycles. The lowest BCUT2D eigenvalue weighted by Gasteiger charge is -2.03. The van der Waals surface area contributed by atoms with Gasteiger partial charge in [-0.3, -0.25) is 4.57 Å². The van der Waals surface area contributed by atoms with E-state index in [-0.39, 0.29) is 5.28 Å². The Morgan fingerprint density at radius 1 is 1.00 bits per heavy atom. The van der Waals surface area contributed by atoms with E-state index < -0.39 is 0 Å². The van der Waals surface area contributed by atoms with E-state index >= 15 is 0 Å². The molecule has 6 heteroatoms. The summed E-state index contributed by atoms with van der Waals surface area (Å²) < 4.78 is 1.58. The van der Waals surface area contributed by atoms with Gasteiger partial charge in [0.1, 0.15) is 6.33 Å². The SMILES string of the molecule is Clc1cc(Cl)cc(-n2cnnc2Cl)c1. The van der Waals surface area contributed by atoms with Crippen LogP contribution in [-0.4, -0.2) is 14.8 Å². The van der Waals surface area contributed by atoms with E-state index in [2.05, 4.69) is 10.2 Å². The Bertz CT molecular complexity index is 446. The lowest BCUT2D eigenvalue weighted by atomic mass is 10.3. The quantitative estimate of drug-likeness (QED) is 0.776. The third-order valence-electron chi connectivity index (χ3n) is 1.63. The Hall–Kier alpha value is -0.770. The number of hydrogen-bond donors (Lipinski definition) is 0. The molecular weight excluding hydrogens is 244 g/mol. The van der Waals surface area contributed by atoms with Crippen molar-refractivity contribution in [2.24, 2.45) is 0 Å². The number of aromatic nitrogens is 3. The molecule has 2 rings (SSSR count). The summed E-state index contributed by atoms with van der Waals surface area (Å²) in [6, 6.07) is 5.09. The molecule has 0 aliphatic carbocycles. The third-order valence-corrected chi connectivity index (χ3v) is 2.33. The Morgan fingerprint density at radius 3 is 2.14 bits per heavy atom. The van der Waals surface area contributed by atoms with Crippen LogP contribution in [0.15, 0.2) is 24.5 Å². The number of nitrogens with zero attached hydrogens (tertiary/aromatic N) is 3. The van der Waals surface area contributed by atoms with Crippen LogP contribution in [0.3, 0.4) is 0 Å². The van der Waals surface area contributed by atoms with Gasteiger partial charge in [0.2, 0.25) is 5.28 Å². The summed E-state index contributed by atoms with van der Waals surface area (Å²) in [5.74, 6) is 0. The molecule has 14 heavy (non-hydrogen) atoms. The van der Waals surface area contributed by atoms with Crippen LogP contribution in [0.4, 0.5) is 0 Å². The van der Waals surface area contributed by atoms with Gasteiger partial charge in [-0.2, -0.15) is 0 Å². The van der Waals surface area contributed by atoms with Crippen molar-refractivity contribution in [1.29, 1.82) is 0 Å². The van der Waals surface area contributed by atoms with Gasteiger partial charge in [-0.1, -0.05) is 23.2 Å².